The first kappa shape index (κ1) is 60.0. The van der Waals surface area contributed by atoms with Gasteiger partial charge in [0.05, 0.1) is 6.61 Å². The molecule has 1 unspecified atom stereocenters. The molecule has 0 aromatic rings. The number of ether oxygens (including phenoxy) is 3. The van der Waals surface area contributed by atoms with Crippen LogP contribution in [0.3, 0.4) is 0 Å². The summed E-state index contributed by atoms with van der Waals surface area (Å²) >= 11 is 0. The SMILES string of the molecule is CC/C=C\C/C=C\C/C=C\C/C=C\C/C=C\C/C=C\CCC(=O)OCC(COCCCCCCCC/C=C\C/C=C\CCC)OC(=O)CCCCCCC/C=C\C/C=C\C/C=C\CC. The van der Waals surface area contributed by atoms with Crippen LogP contribution in [0.15, 0.2) is 134 Å². The molecule has 1 atom stereocenters. The Bertz CT molecular complexity index is 1370. The van der Waals surface area contributed by atoms with Gasteiger partial charge in [-0.25, -0.2) is 0 Å². The zero-order valence-electron chi connectivity index (χ0n) is 41.2. The molecule has 0 aliphatic heterocycles. The van der Waals surface area contributed by atoms with Crippen LogP contribution in [0.25, 0.3) is 0 Å². The van der Waals surface area contributed by atoms with Crippen molar-refractivity contribution in [3.05, 3.63) is 134 Å². The van der Waals surface area contributed by atoms with E-state index in [1.807, 2.05) is 6.08 Å². The van der Waals surface area contributed by atoms with Crippen molar-refractivity contribution in [1.29, 1.82) is 0 Å². The Morgan fingerprint density at radius 1 is 0.359 bits per heavy atom. The van der Waals surface area contributed by atoms with Crippen molar-refractivity contribution < 1.29 is 23.8 Å². The molecule has 0 aliphatic carbocycles. The number of hydrogen-bond donors (Lipinski definition) is 0. The molecule has 0 bridgehead atoms. The molecule has 0 amide bonds. The van der Waals surface area contributed by atoms with Gasteiger partial charge in [0.15, 0.2) is 6.10 Å². The van der Waals surface area contributed by atoms with Crippen LogP contribution in [0.4, 0.5) is 0 Å². The van der Waals surface area contributed by atoms with Crippen LogP contribution in [-0.2, 0) is 23.8 Å². The van der Waals surface area contributed by atoms with Gasteiger partial charge in [0.1, 0.15) is 6.61 Å². The van der Waals surface area contributed by atoms with Gasteiger partial charge in [0.25, 0.3) is 0 Å². The third-order valence-electron chi connectivity index (χ3n) is 10.1. The number of allylic oxidation sites excluding steroid dienone is 22. The van der Waals surface area contributed by atoms with Crippen molar-refractivity contribution >= 4 is 11.9 Å². The van der Waals surface area contributed by atoms with Crippen LogP contribution in [0.2, 0.25) is 0 Å². The number of rotatable bonds is 45. The molecule has 0 radical (unpaired) electrons. The number of carbonyl (C=O) groups excluding carboxylic acids is 2. The van der Waals surface area contributed by atoms with Crippen LogP contribution in [0.5, 0.6) is 0 Å². The van der Waals surface area contributed by atoms with Gasteiger partial charge in [0, 0.05) is 19.4 Å². The number of esters is 2. The van der Waals surface area contributed by atoms with E-state index in [0.717, 1.165) is 116 Å². The quantitative estimate of drug-likeness (QED) is 0.0346. The minimum Gasteiger partial charge on any atom is -0.462 e. The lowest BCUT2D eigenvalue weighted by Gasteiger charge is -2.18. The van der Waals surface area contributed by atoms with Gasteiger partial charge < -0.3 is 14.2 Å². The molecule has 0 saturated carbocycles. The van der Waals surface area contributed by atoms with E-state index in [4.69, 9.17) is 14.2 Å². The van der Waals surface area contributed by atoms with E-state index in [1.54, 1.807) is 0 Å². The molecular formula is C59H94O5. The second kappa shape index (κ2) is 53.4. The van der Waals surface area contributed by atoms with E-state index < -0.39 is 6.10 Å². The fraction of sp³-hybridized carbons (Fsp3) is 0.593. The highest BCUT2D eigenvalue weighted by Crippen LogP contribution is 2.12. The van der Waals surface area contributed by atoms with Gasteiger partial charge in [-0.2, -0.15) is 0 Å². The van der Waals surface area contributed by atoms with Crippen LogP contribution in [0.1, 0.15) is 201 Å². The Balaban J connectivity index is 4.46. The smallest absolute Gasteiger partial charge is 0.306 e. The van der Waals surface area contributed by atoms with E-state index in [2.05, 4.69) is 148 Å². The molecule has 0 heterocycles. The fourth-order valence-corrected chi connectivity index (χ4v) is 6.41. The first-order valence-electron chi connectivity index (χ1n) is 25.7. The van der Waals surface area contributed by atoms with Gasteiger partial charge in [-0.3, -0.25) is 9.59 Å². The van der Waals surface area contributed by atoms with Crippen LogP contribution in [-0.4, -0.2) is 37.9 Å². The average molecular weight is 883 g/mol. The predicted molar refractivity (Wildman–Crippen MR) is 278 cm³/mol. The molecule has 0 fully saturated rings. The fourth-order valence-electron chi connectivity index (χ4n) is 6.41. The molecule has 0 rings (SSSR count). The maximum Gasteiger partial charge on any atom is 0.306 e. The normalized spacial score (nSPS) is 13.4. The molecule has 0 saturated heterocycles. The van der Waals surface area contributed by atoms with Crippen molar-refractivity contribution in [3.8, 4) is 0 Å². The maximum atomic E-state index is 12.8. The number of carbonyl (C=O) groups is 2. The number of hydrogen-bond acceptors (Lipinski definition) is 5. The topological polar surface area (TPSA) is 61.8 Å². The van der Waals surface area contributed by atoms with Crippen molar-refractivity contribution in [2.75, 3.05) is 19.8 Å². The second-order valence-corrected chi connectivity index (χ2v) is 16.3. The van der Waals surface area contributed by atoms with Gasteiger partial charge in [-0.05, 0) is 116 Å². The van der Waals surface area contributed by atoms with Crippen molar-refractivity contribution in [2.24, 2.45) is 0 Å². The summed E-state index contributed by atoms with van der Waals surface area (Å²) in [7, 11) is 0. The van der Waals surface area contributed by atoms with Gasteiger partial charge in [-0.15, -0.1) is 0 Å². The van der Waals surface area contributed by atoms with Crippen LogP contribution < -0.4 is 0 Å². The Hall–Kier alpha value is -3.96. The monoisotopic (exact) mass is 883 g/mol. The summed E-state index contributed by atoms with van der Waals surface area (Å²) in [5.74, 6) is -0.530. The molecule has 5 heteroatoms. The van der Waals surface area contributed by atoms with Gasteiger partial charge >= 0.3 is 11.9 Å². The van der Waals surface area contributed by atoms with Crippen LogP contribution >= 0.6 is 0 Å². The summed E-state index contributed by atoms with van der Waals surface area (Å²) in [5, 5.41) is 0. The van der Waals surface area contributed by atoms with Gasteiger partial charge in [0.2, 0.25) is 0 Å². The Kier molecular flexibility index (Phi) is 50.1. The minimum atomic E-state index is -0.591. The summed E-state index contributed by atoms with van der Waals surface area (Å²) in [5.41, 5.74) is 0. The van der Waals surface area contributed by atoms with E-state index in [0.29, 0.717) is 25.9 Å². The summed E-state index contributed by atoms with van der Waals surface area (Å²) in [6, 6.07) is 0. The molecule has 360 valence electrons. The molecule has 5 nitrogen and oxygen atoms in total. The van der Waals surface area contributed by atoms with Crippen molar-refractivity contribution in [1.82, 2.24) is 0 Å². The molecule has 64 heavy (non-hydrogen) atoms. The van der Waals surface area contributed by atoms with E-state index >= 15 is 0 Å². The minimum absolute atomic E-state index is 0.0248. The molecule has 0 aromatic heterocycles. The zero-order valence-corrected chi connectivity index (χ0v) is 41.2. The highest BCUT2D eigenvalue weighted by atomic mass is 16.6. The van der Waals surface area contributed by atoms with E-state index in [-0.39, 0.29) is 25.2 Å². The Labute approximate surface area is 394 Å². The summed E-state index contributed by atoms with van der Waals surface area (Å²) in [4.78, 5) is 25.4. The summed E-state index contributed by atoms with van der Waals surface area (Å²) < 4.78 is 17.3. The molecular weight excluding hydrogens is 789 g/mol. The molecule has 0 spiro atoms. The largest absolute Gasteiger partial charge is 0.462 e. The molecule has 0 aliphatic rings. The summed E-state index contributed by atoms with van der Waals surface area (Å²) in [6.07, 6.45) is 76.1. The highest BCUT2D eigenvalue weighted by Gasteiger charge is 2.17. The predicted octanol–water partition coefficient (Wildman–Crippen LogP) is 17.6. The maximum absolute atomic E-state index is 12.8. The number of unbranched alkanes of at least 4 members (excludes halogenated alkanes) is 12. The zero-order chi connectivity index (χ0) is 46.3. The second-order valence-electron chi connectivity index (χ2n) is 16.3. The first-order chi connectivity index (χ1) is 31.6. The first-order valence-corrected chi connectivity index (χ1v) is 25.7. The lowest BCUT2D eigenvalue weighted by Crippen LogP contribution is -2.30. The van der Waals surface area contributed by atoms with Crippen molar-refractivity contribution in [3.63, 3.8) is 0 Å². The van der Waals surface area contributed by atoms with E-state index in [9.17, 15) is 9.59 Å². The third kappa shape index (κ3) is 50.7. The van der Waals surface area contributed by atoms with Crippen molar-refractivity contribution in [2.45, 2.75) is 207 Å². The van der Waals surface area contributed by atoms with Crippen LogP contribution in [0, 0.1) is 0 Å². The highest BCUT2D eigenvalue weighted by molar-refractivity contribution is 5.70. The molecule has 0 N–H and O–H groups in total. The third-order valence-corrected chi connectivity index (χ3v) is 10.1. The summed E-state index contributed by atoms with van der Waals surface area (Å²) in [6.45, 7) is 7.40. The average Bonchev–Trinajstić information content (AvgIpc) is 3.30. The lowest BCUT2D eigenvalue weighted by atomic mass is 10.1. The lowest BCUT2D eigenvalue weighted by molar-refractivity contribution is -0.162. The van der Waals surface area contributed by atoms with E-state index in [1.165, 1.54) is 44.9 Å². The Morgan fingerprint density at radius 3 is 1.19 bits per heavy atom. The van der Waals surface area contributed by atoms with Gasteiger partial charge in [-0.1, -0.05) is 206 Å². The Morgan fingerprint density at radius 2 is 0.734 bits per heavy atom. The standard InChI is InChI=1S/C59H94O5/c1-4-7-10-13-16-19-22-25-28-29-30-31-33-34-37-40-43-46-49-52-58(60)63-56-57(55-62-54-51-48-45-42-39-36-27-24-21-18-15-12-9-6-3)64-59(61)53-50-47-44-41-38-35-32-26-23-20-17-14-11-8-5-2/h7-8,10-12,15-17,19-21,24-26,28,30-32,34,37,43,46,57H,4-6,9,13-14,18,22-23,27,29,33,35-36,38-42,44-45,47-56H2,1-3H3/b10-7-,11-8-,15-12-,19-16-,20-17-,24-21-,28-25-,31-30-,32-26-,37-34-,46-43-. The molecule has 0 aromatic carbocycles.